The van der Waals surface area contributed by atoms with Gasteiger partial charge in [-0.3, -0.25) is 9.69 Å². The molecule has 7 nitrogen and oxygen atoms in total. The number of hydrogen-bond acceptors (Lipinski definition) is 6. The van der Waals surface area contributed by atoms with Crippen LogP contribution in [0.15, 0.2) is 24.8 Å². The second-order valence-electron chi connectivity index (χ2n) is 6.99. The van der Waals surface area contributed by atoms with Crippen molar-refractivity contribution in [1.29, 1.82) is 0 Å². The molecule has 1 saturated heterocycles. The van der Waals surface area contributed by atoms with E-state index in [9.17, 15) is 9.90 Å². The van der Waals surface area contributed by atoms with Gasteiger partial charge in [-0.1, -0.05) is 12.1 Å². The molecular formula is C19H26N4O3. The van der Waals surface area contributed by atoms with Crippen molar-refractivity contribution in [3.05, 3.63) is 47.0 Å². The molecule has 26 heavy (non-hydrogen) atoms. The number of piperidine rings is 1. The van der Waals surface area contributed by atoms with E-state index in [0.29, 0.717) is 32.5 Å². The van der Waals surface area contributed by atoms with E-state index in [2.05, 4.69) is 41.0 Å². The van der Waals surface area contributed by atoms with Gasteiger partial charge in [0.15, 0.2) is 0 Å². The van der Waals surface area contributed by atoms with E-state index < -0.39 is 12.1 Å². The standard InChI is InChI=1S/C19H26N4O3/c1-13-6-14(2)16(10-23-12-20-11-21-23)7-15(13)9-22-5-4-17(24)8-18(22)19(25)26-3/h6-7,11-12,17-18,24H,4-5,8-10H2,1-3H3/t17-,18+/m0/s1. The zero-order chi connectivity index (χ0) is 18.7. The van der Waals surface area contributed by atoms with Crippen LogP contribution in [0.3, 0.4) is 0 Å². The maximum Gasteiger partial charge on any atom is 0.323 e. The first-order valence-electron chi connectivity index (χ1n) is 8.89. The topological polar surface area (TPSA) is 80.5 Å². The van der Waals surface area contributed by atoms with E-state index in [1.54, 1.807) is 11.0 Å². The average molecular weight is 358 g/mol. The summed E-state index contributed by atoms with van der Waals surface area (Å²) in [7, 11) is 1.40. The largest absolute Gasteiger partial charge is 0.468 e. The minimum atomic E-state index is -0.447. The third kappa shape index (κ3) is 4.11. The third-order valence-corrected chi connectivity index (χ3v) is 5.13. The molecule has 1 aromatic heterocycles. The highest BCUT2D eigenvalue weighted by Crippen LogP contribution is 2.24. The van der Waals surface area contributed by atoms with Crippen LogP contribution in [0.1, 0.15) is 35.1 Å². The fraction of sp³-hybridized carbons (Fsp3) is 0.526. The van der Waals surface area contributed by atoms with Gasteiger partial charge in [0.05, 0.1) is 19.8 Å². The minimum Gasteiger partial charge on any atom is -0.468 e. The Balaban J connectivity index is 1.82. The number of benzene rings is 1. The fourth-order valence-corrected chi connectivity index (χ4v) is 3.56. The molecule has 0 unspecified atom stereocenters. The first kappa shape index (κ1) is 18.5. The van der Waals surface area contributed by atoms with Crippen LogP contribution in [-0.2, 0) is 22.6 Å². The summed E-state index contributed by atoms with van der Waals surface area (Å²) >= 11 is 0. The lowest BCUT2D eigenvalue weighted by molar-refractivity contribution is -0.150. The highest BCUT2D eigenvalue weighted by Gasteiger charge is 2.33. The van der Waals surface area contributed by atoms with E-state index in [1.165, 1.54) is 35.7 Å². The molecular weight excluding hydrogens is 332 g/mol. The fourth-order valence-electron chi connectivity index (χ4n) is 3.56. The average Bonchev–Trinajstić information content (AvgIpc) is 3.12. The van der Waals surface area contributed by atoms with Crippen LogP contribution >= 0.6 is 0 Å². The molecule has 3 rings (SSSR count). The van der Waals surface area contributed by atoms with Crippen molar-refractivity contribution in [3.63, 3.8) is 0 Å². The van der Waals surface area contributed by atoms with Gasteiger partial charge in [-0.05, 0) is 48.9 Å². The normalized spacial score (nSPS) is 20.9. The van der Waals surface area contributed by atoms with Gasteiger partial charge in [0.25, 0.3) is 0 Å². The van der Waals surface area contributed by atoms with Crippen LogP contribution in [0.5, 0.6) is 0 Å². The molecule has 1 fully saturated rings. The van der Waals surface area contributed by atoms with Crippen LogP contribution < -0.4 is 0 Å². The summed E-state index contributed by atoms with van der Waals surface area (Å²) < 4.78 is 6.74. The number of aliphatic hydroxyl groups is 1. The Kier molecular flexibility index (Phi) is 5.68. The van der Waals surface area contributed by atoms with Crippen LogP contribution in [0.4, 0.5) is 0 Å². The van der Waals surface area contributed by atoms with E-state index in [0.717, 1.165) is 0 Å². The van der Waals surface area contributed by atoms with Crippen molar-refractivity contribution in [3.8, 4) is 0 Å². The molecule has 0 aliphatic carbocycles. The number of rotatable bonds is 5. The lowest BCUT2D eigenvalue weighted by Crippen LogP contribution is -2.48. The second-order valence-corrected chi connectivity index (χ2v) is 6.99. The lowest BCUT2D eigenvalue weighted by Gasteiger charge is -2.36. The van der Waals surface area contributed by atoms with Gasteiger partial charge >= 0.3 is 5.97 Å². The number of carbonyl (C=O) groups is 1. The van der Waals surface area contributed by atoms with Gasteiger partial charge < -0.3 is 9.84 Å². The molecule has 1 aliphatic rings. The van der Waals surface area contributed by atoms with Crippen LogP contribution in [0.25, 0.3) is 0 Å². The maximum atomic E-state index is 12.1. The Morgan fingerprint density at radius 1 is 1.27 bits per heavy atom. The first-order chi connectivity index (χ1) is 12.5. The van der Waals surface area contributed by atoms with Gasteiger partial charge in [-0.2, -0.15) is 5.10 Å². The molecule has 2 atom stereocenters. The van der Waals surface area contributed by atoms with Gasteiger partial charge in [-0.15, -0.1) is 0 Å². The SMILES string of the molecule is COC(=O)[C@H]1C[C@@H](O)CCN1Cc1cc(Cn2cncn2)c(C)cc1C. The monoisotopic (exact) mass is 358 g/mol. The lowest BCUT2D eigenvalue weighted by atomic mass is 9.95. The Labute approximate surface area is 153 Å². The smallest absolute Gasteiger partial charge is 0.323 e. The van der Waals surface area contributed by atoms with Crippen molar-refractivity contribution in [2.24, 2.45) is 0 Å². The molecule has 0 bridgehead atoms. The molecule has 2 heterocycles. The predicted molar refractivity (Wildman–Crippen MR) is 96.5 cm³/mol. The summed E-state index contributed by atoms with van der Waals surface area (Å²) in [4.78, 5) is 18.2. The number of aryl methyl sites for hydroxylation is 2. The quantitative estimate of drug-likeness (QED) is 0.815. The summed E-state index contributed by atoms with van der Waals surface area (Å²) in [5.74, 6) is -0.281. The van der Waals surface area contributed by atoms with Crippen LogP contribution in [0, 0.1) is 13.8 Å². The molecule has 1 aromatic carbocycles. The van der Waals surface area contributed by atoms with Gasteiger partial charge in [0, 0.05) is 13.1 Å². The molecule has 7 heteroatoms. The molecule has 0 spiro atoms. The van der Waals surface area contributed by atoms with E-state index in [4.69, 9.17) is 4.74 Å². The highest BCUT2D eigenvalue weighted by atomic mass is 16.5. The number of aromatic nitrogens is 3. The second kappa shape index (κ2) is 7.97. The third-order valence-electron chi connectivity index (χ3n) is 5.13. The number of aliphatic hydroxyl groups excluding tert-OH is 1. The van der Waals surface area contributed by atoms with Gasteiger partial charge in [0.2, 0.25) is 0 Å². The first-order valence-corrected chi connectivity index (χ1v) is 8.89. The predicted octanol–water partition coefficient (Wildman–Crippen LogP) is 1.44. The molecule has 1 N–H and O–H groups in total. The van der Waals surface area contributed by atoms with E-state index >= 15 is 0 Å². The zero-order valence-electron chi connectivity index (χ0n) is 15.6. The number of esters is 1. The number of carbonyl (C=O) groups excluding carboxylic acids is 1. The molecule has 1 aliphatic heterocycles. The van der Waals surface area contributed by atoms with Crippen molar-refractivity contribution >= 4 is 5.97 Å². The van der Waals surface area contributed by atoms with Gasteiger partial charge in [-0.25, -0.2) is 9.67 Å². The van der Waals surface area contributed by atoms with Crippen LogP contribution in [-0.4, -0.2) is 56.5 Å². The Bertz CT molecular complexity index is 760. The Morgan fingerprint density at radius 2 is 2.00 bits per heavy atom. The van der Waals surface area contributed by atoms with Gasteiger partial charge in [0.1, 0.15) is 18.7 Å². The Morgan fingerprint density at radius 3 is 2.65 bits per heavy atom. The van der Waals surface area contributed by atoms with E-state index in [1.807, 2.05) is 0 Å². The molecule has 0 radical (unpaired) electrons. The molecule has 0 saturated carbocycles. The van der Waals surface area contributed by atoms with Crippen molar-refractivity contribution < 1.29 is 14.6 Å². The van der Waals surface area contributed by atoms with Crippen LogP contribution in [0.2, 0.25) is 0 Å². The van der Waals surface area contributed by atoms with Crippen molar-refractivity contribution in [2.75, 3.05) is 13.7 Å². The molecule has 140 valence electrons. The molecule has 2 aromatic rings. The number of hydrogen-bond donors (Lipinski definition) is 1. The Hall–Kier alpha value is -2.25. The number of likely N-dealkylation sites (tertiary alicyclic amines) is 1. The van der Waals surface area contributed by atoms with Crippen molar-refractivity contribution in [2.45, 2.75) is 51.9 Å². The number of methoxy groups -OCH3 is 1. The van der Waals surface area contributed by atoms with Crippen molar-refractivity contribution in [1.82, 2.24) is 19.7 Å². The molecule has 0 amide bonds. The zero-order valence-corrected chi connectivity index (χ0v) is 15.6. The maximum absolute atomic E-state index is 12.1. The number of ether oxygens (including phenoxy) is 1. The van der Waals surface area contributed by atoms with E-state index in [-0.39, 0.29) is 5.97 Å². The highest BCUT2D eigenvalue weighted by molar-refractivity contribution is 5.75. The minimum absolute atomic E-state index is 0.281. The summed E-state index contributed by atoms with van der Waals surface area (Å²) in [5, 5.41) is 14.1. The summed E-state index contributed by atoms with van der Waals surface area (Å²) in [6, 6.07) is 3.96. The summed E-state index contributed by atoms with van der Waals surface area (Å²) in [6.07, 6.45) is 3.88. The summed E-state index contributed by atoms with van der Waals surface area (Å²) in [5.41, 5.74) is 4.76. The number of nitrogens with zero attached hydrogens (tertiary/aromatic N) is 4. The summed E-state index contributed by atoms with van der Waals surface area (Å²) in [6.45, 7) is 6.18.